The molecule has 1 aliphatic heterocycles. The maximum absolute atomic E-state index is 13.1. The minimum absolute atomic E-state index is 0.197. The number of piperidine rings is 1. The number of nitrogens with zero attached hydrogens (tertiary/aromatic N) is 2. The molecule has 1 aliphatic rings. The standard InChI is InChI=1S/C16H20FN3/c1-20-16(10-12-6-8-18-9-7-12)15(11-19-20)13-2-4-14(17)5-3-13/h2-5,11-12,18H,6-10H2,1H3. The van der Waals surface area contributed by atoms with Crippen LogP contribution in [0.25, 0.3) is 11.1 Å². The fourth-order valence-electron chi connectivity index (χ4n) is 2.93. The molecule has 0 unspecified atom stereocenters. The lowest BCUT2D eigenvalue weighted by atomic mass is 9.91. The molecule has 2 heterocycles. The summed E-state index contributed by atoms with van der Waals surface area (Å²) < 4.78 is 15.0. The van der Waals surface area contributed by atoms with Gasteiger partial charge in [0.15, 0.2) is 0 Å². The highest BCUT2D eigenvalue weighted by molar-refractivity contribution is 5.65. The fourth-order valence-corrected chi connectivity index (χ4v) is 2.93. The van der Waals surface area contributed by atoms with Crippen LogP contribution in [-0.4, -0.2) is 22.9 Å². The molecule has 0 aliphatic carbocycles. The Morgan fingerprint density at radius 1 is 1.25 bits per heavy atom. The van der Waals surface area contributed by atoms with Crippen LogP contribution in [0.3, 0.4) is 0 Å². The highest BCUT2D eigenvalue weighted by Crippen LogP contribution is 2.27. The maximum atomic E-state index is 13.1. The predicted octanol–water partition coefficient (Wildman–Crippen LogP) is 2.77. The van der Waals surface area contributed by atoms with Crippen LogP contribution in [0.2, 0.25) is 0 Å². The molecule has 0 amide bonds. The third-order valence-electron chi connectivity index (χ3n) is 4.16. The minimum Gasteiger partial charge on any atom is -0.317 e. The van der Waals surface area contributed by atoms with Crippen LogP contribution in [0.4, 0.5) is 4.39 Å². The third kappa shape index (κ3) is 2.75. The largest absolute Gasteiger partial charge is 0.317 e. The molecule has 4 heteroatoms. The molecule has 1 N–H and O–H groups in total. The first kappa shape index (κ1) is 13.3. The number of aromatic nitrogens is 2. The van der Waals surface area contributed by atoms with Gasteiger partial charge in [-0.25, -0.2) is 4.39 Å². The summed E-state index contributed by atoms with van der Waals surface area (Å²) in [5.74, 6) is 0.517. The van der Waals surface area contributed by atoms with Gasteiger partial charge in [0, 0.05) is 18.3 Å². The number of hydrogen-bond donors (Lipinski definition) is 1. The second kappa shape index (κ2) is 5.75. The molecule has 106 valence electrons. The van der Waals surface area contributed by atoms with E-state index >= 15 is 0 Å². The Bertz CT molecular complexity index is 568. The molecule has 0 spiro atoms. The summed E-state index contributed by atoms with van der Waals surface area (Å²) in [5.41, 5.74) is 3.43. The van der Waals surface area contributed by atoms with Crippen LogP contribution in [-0.2, 0) is 13.5 Å². The molecule has 3 rings (SSSR count). The number of nitrogens with one attached hydrogen (secondary N) is 1. The van der Waals surface area contributed by atoms with Crippen LogP contribution in [0.1, 0.15) is 18.5 Å². The zero-order chi connectivity index (χ0) is 13.9. The van der Waals surface area contributed by atoms with Gasteiger partial charge >= 0.3 is 0 Å². The van der Waals surface area contributed by atoms with Gasteiger partial charge in [-0.15, -0.1) is 0 Å². The third-order valence-corrected chi connectivity index (χ3v) is 4.16. The van der Waals surface area contributed by atoms with Crippen molar-refractivity contribution in [2.45, 2.75) is 19.3 Å². The van der Waals surface area contributed by atoms with Crippen LogP contribution in [0, 0.1) is 11.7 Å². The average Bonchev–Trinajstić information content (AvgIpc) is 2.83. The maximum Gasteiger partial charge on any atom is 0.123 e. The van der Waals surface area contributed by atoms with Crippen molar-refractivity contribution in [1.82, 2.24) is 15.1 Å². The Morgan fingerprint density at radius 3 is 2.65 bits per heavy atom. The van der Waals surface area contributed by atoms with E-state index in [0.29, 0.717) is 5.92 Å². The van der Waals surface area contributed by atoms with E-state index in [-0.39, 0.29) is 5.82 Å². The number of rotatable bonds is 3. The van der Waals surface area contributed by atoms with E-state index in [1.165, 1.54) is 30.7 Å². The first-order chi connectivity index (χ1) is 9.74. The molecule has 2 aromatic rings. The molecule has 1 saturated heterocycles. The van der Waals surface area contributed by atoms with Gasteiger partial charge in [-0.1, -0.05) is 12.1 Å². The molecule has 1 aromatic carbocycles. The molecule has 0 saturated carbocycles. The van der Waals surface area contributed by atoms with Crippen LogP contribution in [0.5, 0.6) is 0 Å². The lowest BCUT2D eigenvalue weighted by Crippen LogP contribution is -2.29. The second-order valence-electron chi connectivity index (χ2n) is 5.53. The van der Waals surface area contributed by atoms with Crippen molar-refractivity contribution in [3.05, 3.63) is 42.0 Å². The second-order valence-corrected chi connectivity index (χ2v) is 5.53. The van der Waals surface area contributed by atoms with Crippen molar-refractivity contribution < 1.29 is 4.39 Å². The molecule has 3 nitrogen and oxygen atoms in total. The number of hydrogen-bond acceptors (Lipinski definition) is 2. The van der Waals surface area contributed by atoms with Crippen LogP contribution in [0.15, 0.2) is 30.5 Å². The summed E-state index contributed by atoms with van der Waals surface area (Å²) in [6, 6.07) is 6.68. The summed E-state index contributed by atoms with van der Waals surface area (Å²) in [6.45, 7) is 2.21. The van der Waals surface area contributed by atoms with Crippen molar-refractivity contribution in [2.24, 2.45) is 13.0 Å². The topological polar surface area (TPSA) is 29.9 Å². The first-order valence-corrected chi connectivity index (χ1v) is 7.21. The number of benzene rings is 1. The van der Waals surface area contributed by atoms with Crippen molar-refractivity contribution in [3.8, 4) is 11.1 Å². The van der Waals surface area contributed by atoms with Crippen molar-refractivity contribution >= 4 is 0 Å². The number of aryl methyl sites for hydroxylation is 1. The Kier molecular flexibility index (Phi) is 3.83. The van der Waals surface area contributed by atoms with Gasteiger partial charge < -0.3 is 5.32 Å². The average molecular weight is 273 g/mol. The zero-order valence-corrected chi connectivity index (χ0v) is 11.8. The van der Waals surface area contributed by atoms with E-state index < -0.39 is 0 Å². The summed E-state index contributed by atoms with van der Waals surface area (Å²) in [6.07, 6.45) is 5.37. The van der Waals surface area contributed by atoms with Gasteiger partial charge in [0.1, 0.15) is 5.82 Å². The number of halogens is 1. The van der Waals surface area contributed by atoms with E-state index in [9.17, 15) is 4.39 Å². The molecular formula is C16H20FN3. The molecule has 1 aromatic heterocycles. The quantitative estimate of drug-likeness (QED) is 0.932. The lowest BCUT2D eigenvalue weighted by molar-refractivity contribution is 0.366. The normalized spacial score (nSPS) is 16.5. The lowest BCUT2D eigenvalue weighted by Gasteiger charge is -2.23. The molecule has 0 radical (unpaired) electrons. The van der Waals surface area contributed by atoms with Crippen molar-refractivity contribution in [3.63, 3.8) is 0 Å². The van der Waals surface area contributed by atoms with Crippen LogP contribution < -0.4 is 5.32 Å². The van der Waals surface area contributed by atoms with Gasteiger partial charge in [0.2, 0.25) is 0 Å². The zero-order valence-electron chi connectivity index (χ0n) is 11.8. The molecule has 0 bridgehead atoms. The SMILES string of the molecule is Cn1ncc(-c2ccc(F)cc2)c1CC1CCNCC1. The van der Waals surface area contributed by atoms with Gasteiger partial charge in [0.05, 0.1) is 6.20 Å². The smallest absolute Gasteiger partial charge is 0.123 e. The van der Waals surface area contributed by atoms with Crippen molar-refractivity contribution in [2.75, 3.05) is 13.1 Å². The van der Waals surface area contributed by atoms with E-state index in [1.54, 1.807) is 0 Å². The predicted molar refractivity (Wildman–Crippen MR) is 77.9 cm³/mol. The molecule has 20 heavy (non-hydrogen) atoms. The Hall–Kier alpha value is -1.68. The van der Waals surface area contributed by atoms with E-state index in [2.05, 4.69) is 10.4 Å². The fraction of sp³-hybridized carbons (Fsp3) is 0.438. The molecular weight excluding hydrogens is 253 g/mol. The molecule has 1 fully saturated rings. The van der Waals surface area contributed by atoms with Gasteiger partial charge in [-0.05, 0) is 56.0 Å². The summed E-state index contributed by atoms with van der Waals surface area (Å²) in [7, 11) is 1.99. The minimum atomic E-state index is -0.197. The monoisotopic (exact) mass is 273 g/mol. The highest BCUT2D eigenvalue weighted by Gasteiger charge is 2.18. The Morgan fingerprint density at radius 2 is 1.95 bits per heavy atom. The van der Waals surface area contributed by atoms with E-state index in [0.717, 1.165) is 30.6 Å². The Labute approximate surface area is 118 Å². The van der Waals surface area contributed by atoms with E-state index in [4.69, 9.17) is 0 Å². The van der Waals surface area contributed by atoms with E-state index in [1.807, 2.05) is 30.1 Å². The molecule has 0 atom stereocenters. The Balaban J connectivity index is 1.86. The summed E-state index contributed by atoms with van der Waals surface area (Å²) in [4.78, 5) is 0. The van der Waals surface area contributed by atoms with Crippen LogP contribution >= 0.6 is 0 Å². The van der Waals surface area contributed by atoms with Gasteiger partial charge in [0.25, 0.3) is 0 Å². The van der Waals surface area contributed by atoms with Gasteiger partial charge in [-0.3, -0.25) is 4.68 Å². The first-order valence-electron chi connectivity index (χ1n) is 7.21. The summed E-state index contributed by atoms with van der Waals surface area (Å²) >= 11 is 0. The van der Waals surface area contributed by atoms with Crippen molar-refractivity contribution in [1.29, 1.82) is 0 Å². The van der Waals surface area contributed by atoms with Gasteiger partial charge in [-0.2, -0.15) is 5.10 Å². The summed E-state index contributed by atoms with van der Waals surface area (Å²) in [5, 5.41) is 7.79. The highest BCUT2D eigenvalue weighted by atomic mass is 19.1.